The molecule has 5 heteroatoms. The van der Waals surface area contributed by atoms with E-state index in [4.69, 9.17) is 16.3 Å². The van der Waals surface area contributed by atoms with Gasteiger partial charge in [0.2, 0.25) is 0 Å². The molecule has 0 unspecified atom stereocenters. The smallest absolute Gasteiger partial charge is 0.308 e. The van der Waals surface area contributed by atoms with Crippen molar-refractivity contribution in [2.24, 2.45) is 0 Å². The molecule has 1 aromatic carbocycles. The molecule has 2 aromatic rings. The molecule has 0 saturated heterocycles. The first kappa shape index (κ1) is 14.2. The Kier molecular flexibility index (Phi) is 4.48. The topological polar surface area (TPSA) is 56.3 Å². The van der Waals surface area contributed by atoms with E-state index in [1.165, 1.54) is 25.4 Å². The summed E-state index contributed by atoms with van der Waals surface area (Å²) in [5, 5.41) is 0.614. The van der Waals surface area contributed by atoms with Crippen molar-refractivity contribution in [1.29, 1.82) is 0 Å². The summed E-state index contributed by atoms with van der Waals surface area (Å²) in [5.74, 6) is -0.417. The van der Waals surface area contributed by atoms with E-state index in [9.17, 15) is 9.59 Å². The minimum atomic E-state index is -0.475. The molecule has 1 heterocycles. The van der Waals surface area contributed by atoms with Gasteiger partial charge in [0.05, 0.1) is 5.56 Å². The standard InChI is InChI=1S/C15H12ClNO3/c1-10(18)20-15-6-7-17-9-13(15)14(19)8-11-2-4-12(16)5-3-11/h2-7,9H,8H2,1H3. The minimum absolute atomic E-state index is 0.170. The Morgan fingerprint density at radius 2 is 1.90 bits per heavy atom. The summed E-state index contributed by atoms with van der Waals surface area (Å²) in [6.45, 7) is 1.29. The van der Waals surface area contributed by atoms with Gasteiger partial charge in [0.25, 0.3) is 0 Å². The summed E-state index contributed by atoms with van der Waals surface area (Å²) in [6, 6.07) is 8.50. The molecule has 2 rings (SSSR count). The van der Waals surface area contributed by atoms with Crippen LogP contribution in [-0.2, 0) is 11.2 Å². The first-order valence-electron chi connectivity index (χ1n) is 5.96. The molecule has 0 saturated carbocycles. The van der Waals surface area contributed by atoms with Crippen LogP contribution in [0.3, 0.4) is 0 Å². The largest absolute Gasteiger partial charge is 0.426 e. The lowest BCUT2D eigenvalue weighted by Crippen LogP contribution is -2.10. The molecule has 0 aliphatic carbocycles. The minimum Gasteiger partial charge on any atom is -0.426 e. The van der Waals surface area contributed by atoms with Gasteiger partial charge in [-0.1, -0.05) is 23.7 Å². The number of nitrogens with zero attached hydrogens (tertiary/aromatic N) is 1. The average Bonchev–Trinajstić information content (AvgIpc) is 2.41. The first-order chi connectivity index (χ1) is 9.56. The van der Waals surface area contributed by atoms with Crippen molar-refractivity contribution in [3.05, 3.63) is 58.9 Å². The number of carbonyl (C=O) groups excluding carboxylic acids is 2. The zero-order valence-corrected chi connectivity index (χ0v) is 11.6. The second-order valence-corrected chi connectivity index (χ2v) is 4.63. The lowest BCUT2D eigenvalue weighted by molar-refractivity contribution is -0.131. The lowest BCUT2D eigenvalue weighted by Gasteiger charge is -2.07. The van der Waals surface area contributed by atoms with Crippen molar-refractivity contribution >= 4 is 23.4 Å². The molecule has 20 heavy (non-hydrogen) atoms. The highest BCUT2D eigenvalue weighted by molar-refractivity contribution is 6.30. The van der Waals surface area contributed by atoms with Crippen molar-refractivity contribution < 1.29 is 14.3 Å². The molecule has 0 spiro atoms. The molecular weight excluding hydrogens is 278 g/mol. The second kappa shape index (κ2) is 6.30. The average molecular weight is 290 g/mol. The van der Waals surface area contributed by atoms with Crippen molar-refractivity contribution in [3.8, 4) is 5.75 Å². The van der Waals surface area contributed by atoms with Crippen LogP contribution in [0.25, 0.3) is 0 Å². The lowest BCUT2D eigenvalue weighted by atomic mass is 10.0. The van der Waals surface area contributed by atoms with Crippen LogP contribution in [0.4, 0.5) is 0 Å². The van der Waals surface area contributed by atoms with Crippen molar-refractivity contribution in [1.82, 2.24) is 4.98 Å². The number of ether oxygens (including phenoxy) is 1. The molecule has 0 aliphatic heterocycles. The first-order valence-corrected chi connectivity index (χ1v) is 6.34. The van der Waals surface area contributed by atoms with E-state index in [1.54, 1.807) is 24.3 Å². The van der Waals surface area contributed by atoms with Gasteiger partial charge in [-0.15, -0.1) is 0 Å². The van der Waals surface area contributed by atoms with Crippen LogP contribution in [0.15, 0.2) is 42.7 Å². The number of aromatic nitrogens is 1. The second-order valence-electron chi connectivity index (χ2n) is 4.19. The summed E-state index contributed by atoms with van der Waals surface area (Å²) in [4.78, 5) is 27.1. The van der Waals surface area contributed by atoms with E-state index in [0.717, 1.165) is 5.56 Å². The molecule has 0 amide bonds. The number of halogens is 1. The fourth-order valence-electron chi connectivity index (χ4n) is 1.72. The van der Waals surface area contributed by atoms with E-state index in [2.05, 4.69) is 4.98 Å². The van der Waals surface area contributed by atoms with E-state index < -0.39 is 5.97 Å². The summed E-state index contributed by atoms with van der Waals surface area (Å²) in [5.41, 5.74) is 1.12. The van der Waals surface area contributed by atoms with Crippen LogP contribution in [-0.4, -0.2) is 16.7 Å². The zero-order chi connectivity index (χ0) is 14.5. The van der Waals surface area contributed by atoms with Gasteiger partial charge >= 0.3 is 5.97 Å². The molecule has 0 radical (unpaired) electrons. The number of hydrogen-bond donors (Lipinski definition) is 0. The third-order valence-electron chi connectivity index (χ3n) is 2.61. The Labute approximate surface area is 121 Å². The number of rotatable bonds is 4. The Balaban J connectivity index is 2.20. The quantitative estimate of drug-likeness (QED) is 0.641. The monoisotopic (exact) mass is 289 g/mol. The number of ketones is 1. The van der Waals surface area contributed by atoms with Crippen molar-refractivity contribution in [3.63, 3.8) is 0 Å². The summed E-state index contributed by atoms with van der Waals surface area (Å²) < 4.78 is 5.00. The normalized spacial score (nSPS) is 10.1. The molecule has 0 aliphatic rings. The van der Waals surface area contributed by atoms with E-state index in [0.29, 0.717) is 5.02 Å². The van der Waals surface area contributed by atoms with Gasteiger partial charge < -0.3 is 4.74 Å². The number of pyridine rings is 1. The summed E-state index contributed by atoms with van der Waals surface area (Å²) >= 11 is 5.80. The number of esters is 1. The van der Waals surface area contributed by atoms with Crippen LogP contribution in [0.2, 0.25) is 5.02 Å². The van der Waals surface area contributed by atoms with Crippen LogP contribution >= 0.6 is 11.6 Å². The van der Waals surface area contributed by atoms with Gasteiger partial charge in [0.1, 0.15) is 5.75 Å². The SMILES string of the molecule is CC(=O)Oc1ccncc1C(=O)Cc1ccc(Cl)cc1. The van der Waals surface area contributed by atoms with Crippen molar-refractivity contribution in [2.45, 2.75) is 13.3 Å². The maximum atomic E-state index is 12.2. The van der Waals surface area contributed by atoms with Crippen LogP contribution in [0.1, 0.15) is 22.8 Å². The molecule has 102 valence electrons. The highest BCUT2D eigenvalue weighted by Gasteiger charge is 2.14. The molecule has 1 aromatic heterocycles. The Bertz CT molecular complexity index is 638. The molecule has 0 fully saturated rings. The van der Waals surface area contributed by atoms with E-state index >= 15 is 0 Å². The van der Waals surface area contributed by atoms with Gasteiger partial charge in [-0.3, -0.25) is 14.6 Å². The summed E-state index contributed by atoms with van der Waals surface area (Å²) in [7, 11) is 0. The Morgan fingerprint density at radius 3 is 2.55 bits per heavy atom. The number of benzene rings is 1. The van der Waals surface area contributed by atoms with Crippen molar-refractivity contribution in [2.75, 3.05) is 0 Å². The molecule has 4 nitrogen and oxygen atoms in total. The van der Waals surface area contributed by atoms with Gasteiger partial charge in [-0.2, -0.15) is 0 Å². The number of hydrogen-bond acceptors (Lipinski definition) is 4. The van der Waals surface area contributed by atoms with Crippen LogP contribution in [0.5, 0.6) is 5.75 Å². The predicted molar refractivity (Wildman–Crippen MR) is 75.0 cm³/mol. The van der Waals surface area contributed by atoms with Gasteiger partial charge in [0, 0.05) is 30.8 Å². The van der Waals surface area contributed by atoms with Gasteiger partial charge in [0.15, 0.2) is 5.78 Å². The Hall–Kier alpha value is -2.20. The molecule has 0 N–H and O–H groups in total. The van der Waals surface area contributed by atoms with Gasteiger partial charge in [-0.05, 0) is 23.8 Å². The van der Waals surface area contributed by atoms with Crippen LogP contribution < -0.4 is 4.74 Å². The van der Waals surface area contributed by atoms with E-state index in [-0.39, 0.29) is 23.5 Å². The van der Waals surface area contributed by atoms with E-state index in [1.807, 2.05) is 0 Å². The fraction of sp³-hybridized carbons (Fsp3) is 0.133. The van der Waals surface area contributed by atoms with Crippen LogP contribution in [0, 0.1) is 0 Å². The highest BCUT2D eigenvalue weighted by atomic mass is 35.5. The fourth-order valence-corrected chi connectivity index (χ4v) is 1.84. The summed E-state index contributed by atoms with van der Waals surface area (Å²) in [6.07, 6.45) is 3.06. The maximum Gasteiger partial charge on any atom is 0.308 e. The molecular formula is C15H12ClNO3. The maximum absolute atomic E-state index is 12.2. The number of Topliss-reactive ketones (excluding diaryl/α,β-unsaturated/α-hetero) is 1. The third kappa shape index (κ3) is 3.65. The highest BCUT2D eigenvalue weighted by Crippen LogP contribution is 2.20. The number of carbonyl (C=O) groups is 2. The zero-order valence-electron chi connectivity index (χ0n) is 10.8. The molecule has 0 bridgehead atoms. The Morgan fingerprint density at radius 1 is 1.20 bits per heavy atom. The van der Waals surface area contributed by atoms with Gasteiger partial charge in [-0.25, -0.2) is 0 Å². The third-order valence-corrected chi connectivity index (χ3v) is 2.87. The molecule has 0 atom stereocenters. The predicted octanol–water partition coefficient (Wildman–Crippen LogP) is 3.09.